The van der Waals surface area contributed by atoms with E-state index < -0.39 is 0 Å². The summed E-state index contributed by atoms with van der Waals surface area (Å²) in [7, 11) is 0. The molecule has 1 aromatic carbocycles. The normalized spacial score (nSPS) is 26.6. The van der Waals surface area contributed by atoms with Gasteiger partial charge in [-0.2, -0.15) is 0 Å². The molecular weight excluding hydrogens is 260 g/mol. The van der Waals surface area contributed by atoms with Gasteiger partial charge in [-0.1, -0.05) is 11.6 Å². The molecule has 0 aromatic heterocycles. The van der Waals surface area contributed by atoms with E-state index in [9.17, 15) is 4.79 Å². The van der Waals surface area contributed by atoms with Gasteiger partial charge in [0.15, 0.2) is 0 Å². The van der Waals surface area contributed by atoms with Crippen LogP contribution in [-0.2, 0) is 6.54 Å². The van der Waals surface area contributed by atoms with Crippen LogP contribution in [0.15, 0.2) is 18.2 Å². The fourth-order valence-electron chi connectivity index (χ4n) is 3.30. The summed E-state index contributed by atoms with van der Waals surface area (Å²) < 4.78 is 0. The van der Waals surface area contributed by atoms with Gasteiger partial charge in [0.25, 0.3) is 5.91 Å². The number of nitrogens with two attached hydrogens (primary N) is 1. The number of hydrogen-bond acceptors (Lipinski definition) is 2. The minimum atomic E-state index is 0.169. The van der Waals surface area contributed by atoms with E-state index in [-0.39, 0.29) is 5.91 Å². The second-order valence-corrected chi connectivity index (χ2v) is 6.08. The van der Waals surface area contributed by atoms with Crippen molar-refractivity contribution < 1.29 is 4.79 Å². The molecule has 1 fully saturated rings. The molecular formula is C15H19ClN2O. The zero-order chi connectivity index (χ0) is 13.4. The van der Waals surface area contributed by atoms with Crippen molar-refractivity contribution in [1.29, 1.82) is 0 Å². The summed E-state index contributed by atoms with van der Waals surface area (Å²) in [6, 6.07) is 5.94. The van der Waals surface area contributed by atoms with Crippen molar-refractivity contribution in [2.75, 3.05) is 6.54 Å². The minimum Gasteiger partial charge on any atom is -0.331 e. The van der Waals surface area contributed by atoms with E-state index in [4.69, 9.17) is 17.3 Å². The first-order chi connectivity index (χ1) is 9.19. The van der Waals surface area contributed by atoms with Crippen molar-refractivity contribution >= 4 is 17.5 Å². The lowest BCUT2D eigenvalue weighted by atomic mass is 9.85. The Hall–Kier alpha value is -1.06. The van der Waals surface area contributed by atoms with Gasteiger partial charge in [0.2, 0.25) is 0 Å². The van der Waals surface area contributed by atoms with Crippen molar-refractivity contribution in [3.05, 3.63) is 34.3 Å². The highest BCUT2D eigenvalue weighted by Crippen LogP contribution is 2.33. The summed E-state index contributed by atoms with van der Waals surface area (Å²) in [6.07, 6.45) is 4.44. The van der Waals surface area contributed by atoms with Gasteiger partial charge in [-0.3, -0.25) is 4.79 Å². The van der Waals surface area contributed by atoms with Gasteiger partial charge in [-0.25, -0.2) is 0 Å². The second kappa shape index (κ2) is 5.14. The molecule has 1 saturated carbocycles. The van der Waals surface area contributed by atoms with E-state index in [1.54, 1.807) is 6.07 Å². The Labute approximate surface area is 118 Å². The van der Waals surface area contributed by atoms with Crippen molar-refractivity contribution in [1.82, 2.24) is 4.90 Å². The molecule has 0 radical (unpaired) electrons. The van der Waals surface area contributed by atoms with Gasteiger partial charge in [-0.15, -0.1) is 0 Å². The number of benzene rings is 1. The molecule has 1 aliphatic carbocycles. The molecule has 0 spiro atoms. The summed E-state index contributed by atoms with van der Waals surface area (Å²) >= 11 is 6.00. The van der Waals surface area contributed by atoms with Crippen LogP contribution in [0.25, 0.3) is 0 Å². The average molecular weight is 279 g/mol. The highest BCUT2D eigenvalue weighted by atomic mass is 35.5. The molecule has 0 unspecified atom stereocenters. The Bertz CT molecular complexity index is 495. The zero-order valence-corrected chi connectivity index (χ0v) is 11.7. The first kappa shape index (κ1) is 12.9. The van der Waals surface area contributed by atoms with Crippen LogP contribution < -0.4 is 5.73 Å². The maximum Gasteiger partial charge on any atom is 0.254 e. The maximum absolute atomic E-state index is 12.4. The molecule has 3 rings (SSSR count). The topological polar surface area (TPSA) is 46.3 Å². The van der Waals surface area contributed by atoms with Gasteiger partial charge in [0, 0.05) is 23.2 Å². The van der Waals surface area contributed by atoms with Crippen LogP contribution in [0.2, 0.25) is 5.02 Å². The minimum absolute atomic E-state index is 0.169. The maximum atomic E-state index is 12.4. The van der Waals surface area contributed by atoms with E-state index in [1.165, 1.54) is 0 Å². The van der Waals surface area contributed by atoms with Gasteiger partial charge in [0.1, 0.15) is 0 Å². The number of amides is 1. The molecule has 1 aromatic rings. The Morgan fingerprint density at radius 2 is 2.00 bits per heavy atom. The number of hydrogen-bond donors (Lipinski definition) is 1. The molecule has 0 atom stereocenters. The third-order valence-corrected chi connectivity index (χ3v) is 4.72. The van der Waals surface area contributed by atoms with Crippen molar-refractivity contribution in [3.63, 3.8) is 0 Å². The molecule has 0 saturated heterocycles. The van der Waals surface area contributed by atoms with Gasteiger partial charge >= 0.3 is 0 Å². The first-order valence-corrected chi connectivity index (χ1v) is 7.36. The van der Waals surface area contributed by atoms with Gasteiger partial charge < -0.3 is 10.6 Å². The smallest absolute Gasteiger partial charge is 0.254 e. The molecule has 2 N–H and O–H groups in total. The summed E-state index contributed by atoms with van der Waals surface area (Å²) in [6.45, 7) is 1.49. The van der Waals surface area contributed by atoms with E-state index in [2.05, 4.69) is 0 Å². The molecule has 19 heavy (non-hydrogen) atoms. The fourth-order valence-corrected chi connectivity index (χ4v) is 3.49. The number of carbonyl (C=O) groups is 1. The molecule has 2 aliphatic rings. The van der Waals surface area contributed by atoms with Crippen LogP contribution in [0.3, 0.4) is 0 Å². The van der Waals surface area contributed by atoms with E-state index in [0.717, 1.165) is 43.4 Å². The van der Waals surface area contributed by atoms with Gasteiger partial charge in [0.05, 0.1) is 0 Å². The van der Waals surface area contributed by atoms with Crippen molar-refractivity contribution in [2.45, 2.75) is 38.3 Å². The molecule has 0 bridgehead atoms. The monoisotopic (exact) mass is 278 g/mol. The molecule has 3 nitrogen and oxygen atoms in total. The van der Waals surface area contributed by atoms with Gasteiger partial charge in [-0.05, 0) is 61.9 Å². The Balaban J connectivity index is 1.74. The van der Waals surface area contributed by atoms with E-state index in [1.807, 2.05) is 17.0 Å². The van der Waals surface area contributed by atoms with Crippen LogP contribution >= 0.6 is 11.6 Å². The molecule has 4 heteroatoms. The molecule has 102 valence electrons. The predicted molar refractivity (Wildman–Crippen MR) is 76.1 cm³/mol. The van der Waals surface area contributed by atoms with Crippen molar-refractivity contribution in [2.24, 2.45) is 11.7 Å². The summed E-state index contributed by atoms with van der Waals surface area (Å²) in [5, 5.41) is 0.709. The lowest BCUT2D eigenvalue weighted by Gasteiger charge is -2.34. The SMILES string of the molecule is NC[C@H]1CC[C@H](N2Cc3cc(Cl)ccc3C2=O)CC1. The molecule has 1 heterocycles. The molecule has 1 aliphatic heterocycles. The number of rotatable bonds is 2. The summed E-state index contributed by atoms with van der Waals surface area (Å²) in [5.41, 5.74) is 7.61. The van der Waals surface area contributed by atoms with Crippen LogP contribution in [0.5, 0.6) is 0 Å². The first-order valence-electron chi connectivity index (χ1n) is 6.98. The zero-order valence-electron chi connectivity index (χ0n) is 10.9. The standard InChI is InChI=1S/C15H19ClN2O/c16-12-3-6-14-11(7-12)9-18(15(14)19)13-4-1-10(8-17)2-5-13/h3,6-7,10,13H,1-2,4-5,8-9,17H2/t10-,13-. The number of fused-ring (bicyclic) bond motifs is 1. The van der Waals surface area contributed by atoms with Crippen LogP contribution in [0, 0.1) is 5.92 Å². The number of nitrogens with zero attached hydrogens (tertiary/aromatic N) is 1. The Morgan fingerprint density at radius 3 is 2.68 bits per heavy atom. The average Bonchev–Trinajstić information content (AvgIpc) is 2.75. The van der Waals surface area contributed by atoms with Crippen LogP contribution in [0.1, 0.15) is 41.6 Å². The Morgan fingerprint density at radius 1 is 1.26 bits per heavy atom. The third-order valence-electron chi connectivity index (χ3n) is 4.49. The quantitative estimate of drug-likeness (QED) is 0.904. The molecule has 1 amide bonds. The highest BCUT2D eigenvalue weighted by Gasteiger charge is 2.34. The summed E-state index contributed by atoms with van der Waals surface area (Å²) in [4.78, 5) is 14.4. The Kier molecular flexibility index (Phi) is 3.50. The predicted octanol–water partition coefficient (Wildman–Crippen LogP) is 2.81. The van der Waals surface area contributed by atoms with Crippen LogP contribution in [0.4, 0.5) is 0 Å². The fraction of sp³-hybridized carbons (Fsp3) is 0.533. The largest absolute Gasteiger partial charge is 0.331 e. The van der Waals surface area contributed by atoms with Crippen LogP contribution in [-0.4, -0.2) is 23.4 Å². The third kappa shape index (κ3) is 2.37. The highest BCUT2D eigenvalue weighted by molar-refractivity contribution is 6.30. The van der Waals surface area contributed by atoms with E-state index in [0.29, 0.717) is 23.5 Å². The number of carbonyl (C=O) groups excluding carboxylic acids is 1. The van der Waals surface area contributed by atoms with E-state index >= 15 is 0 Å². The summed E-state index contributed by atoms with van der Waals surface area (Å²) in [5.74, 6) is 0.814. The lowest BCUT2D eigenvalue weighted by molar-refractivity contribution is 0.0638. The second-order valence-electron chi connectivity index (χ2n) is 5.64. The van der Waals surface area contributed by atoms with Crippen molar-refractivity contribution in [3.8, 4) is 0 Å². The number of halogens is 1. The lowest BCUT2D eigenvalue weighted by Crippen LogP contribution is -2.39.